The van der Waals surface area contributed by atoms with Gasteiger partial charge in [-0.1, -0.05) is 25.7 Å². The van der Waals surface area contributed by atoms with Gasteiger partial charge in [0.1, 0.15) is 5.69 Å². The van der Waals surface area contributed by atoms with E-state index >= 15 is 0 Å². The molecule has 0 unspecified atom stereocenters. The molecule has 1 saturated carbocycles. The molecule has 8 nitrogen and oxygen atoms in total. The molecule has 26 heavy (non-hydrogen) atoms. The predicted octanol–water partition coefficient (Wildman–Crippen LogP) is 3.02. The number of amides is 1. The van der Waals surface area contributed by atoms with Crippen molar-refractivity contribution in [3.05, 3.63) is 33.9 Å². The van der Waals surface area contributed by atoms with E-state index in [-0.39, 0.29) is 23.2 Å². The Hall–Kier alpha value is -2.64. The molecule has 1 aromatic carbocycles. The molecular formula is C18H25N3O5. The van der Waals surface area contributed by atoms with Crippen molar-refractivity contribution < 1.29 is 19.2 Å². The van der Waals surface area contributed by atoms with Gasteiger partial charge in [-0.15, -0.1) is 0 Å². The molecule has 2 rings (SSSR count). The summed E-state index contributed by atoms with van der Waals surface area (Å²) in [4.78, 5) is 35.0. The van der Waals surface area contributed by atoms with E-state index in [0.29, 0.717) is 5.69 Å². The number of anilines is 1. The van der Waals surface area contributed by atoms with E-state index in [1.165, 1.54) is 31.9 Å². The van der Waals surface area contributed by atoms with Crippen LogP contribution in [-0.2, 0) is 9.53 Å². The van der Waals surface area contributed by atoms with Crippen LogP contribution in [0.4, 0.5) is 11.4 Å². The zero-order valence-corrected chi connectivity index (χ0v) is 15.1. The Bertz CT molecular complexity index is 669. The smallest absolute Gasteiger partial charge is 0.339 e. The molecule has 1 amide bonds. The number of ether oxygens (including phenoxy) is 1. The Kier molecular flexibility index (Phi) is 6.94. The molecule has 1 fully saturated rings. The van der Waals surface area contributed by atoms with E-state index in [1.54, 1.807) is 7.05 Å². The van der Waals surface area contributed by atoms with Crippen LogP contribution in [0.15, 0.2) is 18.2 Å². The van der Waals surface area contributed by atoms with Gasteiger partial charge in [-0.2, -0.15) is 0 Å². The first-order chi connectivity index (χ1) is 12.4. The lowest BCUT2D eigenvalue weighted by Gasteiger charge is -2.19. The van der Waals surface area contributed by atoms with E-state index in [1.807, 2.05) is 0 Å². The van der Waals surface area contributed by atoms with Crippen LogP contribution in [0.5, 0.6) is 0 Å². The minimum Gasteiger partial charge on any atom is -0.449 e. The number of hydrogen-bond donors (Lipinski definition) is 2. The third-order valence-corrected chi connectivity index (χ3v) is 4.55. The first kappa shape index (κ1) is 19.7. The van der Waals surface area contributed by atoms with Gasteiger partial charge < -0.3 is 15.4 Å². The highest BCUT2D eigenvalue weighted by Gasteiger charge is 2.24. The van der Waals surface area contributed by atoms with Gasteiger partial charge in [0.15, 0.2) is 6.10 Å². The van der Waals surface area contributed by atoms with E-state index in [0.717, 1.165) is 31.7 Å². The number of esters is 1. The van der Waals surface area contributed by atoms with Gasteiger partial charge >= 0.3 is 5.97 Å². The SMILES string of the molecule is CNc1ccc(C(=O)O[C@@H](C)C(=O)NC2CCCCCC2)cc1[N+](=O)[O-]. The molecule has 0 heterocycles. The van der Waals surface area contributed by atoms with Gasteiger partial charge in [-0.25, -0.2) is 4.79 Å². The molecule has 0 spiro atoms. The van der Waals surface area contributed by atoms with Crippen LogP contribution in [-0.4, -0.2) is 36.0 Å². The fraction of sp³-hybridized carbons (Fsp3) is 0.556. The average molecular weight is 363 g/mol. The highest BCUT2D eigenvalue weighted by molar-refractivity contribution is 5.93. The Morgan fingerprint density at radius 1 is 1.23 bits per heavy atom. The van der Waals surface area contributed by atoms with Gasteiger partial charge in [-0.05, 0) is 31.9 Å². The summed E-state index contributed by atoms with van der Waals surface area (Å²) in [5, 5.41) is 16.7. The van der Waals surface area contributed by atoms with Crippen molar-refractivity contribution >= 4 is 23.3 Å². The number of carbonyl (C=O) groups is 2. The zero-order valence-electron chi connectivity index (χ0n) is 15.1. The third kappa shape index (κ3) is 5.18. The van der Waals surface area contributed by atoms with Crippen LogP contribution < -0.4 is 10.6 Å². The molecule has 1 atom stereocenters. The Morgan fingerprint density at radius 2 is 1.88 bits per heavy atom. The Balaban J connectivity index is 1.98. The molecule has 1 aromatic rings. The number of nitro benzene ring substituents is 1. The van der Waals surface area contributed by atoms with Gasteiger partial charge in [-0.3, -0.25) is 14.9 Å². The number of nitrogens with zero attached hydrogens (tertiary/aromatic N) is 1. The van der Waals surface area contributed by atoms with Crippen LogP contribution in [0.1, 0.15) is 55.8 Å². The van der Waals surface area contributed by atoms with E-state index in [4.69, 9.17) is 4.74 Å². The lowest BCUT2D eigenvalue weighted by Crippen LogP contribution is -2.41. The summed E-state index contributed by atoms with van der Waals surface area (Å²) in [6.07, 6.45) is 5.43. The van der Waals surface area contributed by atoms with Crippen LogP contribution in [0.3, 0.4) is 0 Å². The van der Waals surface area contributed by atoms with E-state index < -0.39 is 17.0 Å². The fourth-order valence-corrected chi connectivity index (χ4v) is 3.05. The summed E-state index contributed by atoms with van der Waals surface area (Å²) in [5.74, 6) is -1.11. The first-order valence-corrected chi connectivity index (χ1v) is 8.90. The normalized spacial score (nSPS) is 16.2. The minimum absolute atomic E-state index is 0.0322. The van der Waals surface area contributed by atoms with Crippen molar-refractivity contribution in [1.29, 1.82) is 0 Å². The topological polar surface area (TPSA) is 111 Å². The number of hydrogen-bond acceptors (Lipinski definition) is 6. The minimum atomic E-state index is -0.964. The van der Waals surface area contributed by atoms with Crippen molar-refractivity contribution in [2.75, 3.05) is 12.4 Å². The van der Waals surface area contributed by atoms with Gasteiger partial charge in [0, 0.05) is 19.2 Å². The summed E-state index contributed by atoms with van der Waals surface area (Å²) < 4.78 is 5.19. The summed E-state index contributed by atoms with van der Waals surface area (Å²) in [6.45, 7) is 1.50. The Labute approximate surface area is 152 Å². The lowest BCUT2D eigenvalue weighted by molar-refractivity contribution is -0.384. The average Bonchev–Trinajstić information content (AvgIpc) is 2.89. The molecular weight excluding hydrogens is 338 g/mol. The molecule has 8 heteroatoms. The van der Waals surface area contributed by atoms with E-state index in [9.17, 15) is 19.7 Å². The standard InChI is InChI=1S/C18H25N3O5/c1-12(17(22)20-14-7-5-3-4-6-8-14)26-18(23)13-9-10-15(19-2)16(11-13)21(24)25/h9-12,14,19H,3-8H2,1-2H3,(H,20,22)/t12-/m0/s1. The molecule has 142 valence electrons. The van der Waals surface area contributed by atoms with Crippen LogP contribution in [0.2, 0.25) is 0 Å². The van der Waals surface area contributed by atoms with Crippen molar-refractivity contribution in [3.8, 4) is 0 Å². The van der Waals surface area contributed by atoms with Gasteiger partial charge in [0.25, 0.3) is 11.6 Å². The summed E-state index contributed by atoms with van der Waals surface area (Å²) in [5.41, 5.74) is 0.105. The second-order valence-electron chi connectivity index (χ2n) is 6.48. The quantitative estimate of drug-likeness (QED) is 0.348. The molecule has 0 radical (unpaired) electrons. The number of carbonyl (C=O) groups excluding carboxylic acids is 2. The van der Waals surface area contributed by atoms with Crippen molar-refractivity contribution in [2.45, 2.75) is 57.6 Å². The number of nitrogens with one attached hydrogen (secondary N) is 2. The maximum atomic E-state index is 12.3. The summed E-state index contributed by atoms with van der Waals surface area (Å²) in [7, 11) is 1.56. The molecule has 0 aromatic heterocycles. The summed E-state index contributed by atoms with van der Waals surface area (Å²) in [6, 6.07) is 4.12. The zero-order chi connectivity index (χ0) is 19.1. The monoisotopic (exact) mass is 363 g/mol. The molecule has 0 saturated heterocycles. The molecule has 1 aliphatic rings. The maximum absolute atomic E-state index is 12.3. The third-order valence-electron chi connectivity index (χ3n) is 4.55. The van der Waals surface area contributed by atoms with Crippen molar-refractivity contribution in [3.63, 3.8) is 0 Å². The van der Waals surface area contributed by atoms with Crippen molar-refractivity contribution in [1.82, 2.24) is 5.32 Å². The lowest BCUT2D eigenvalue weighted by atomic mass is 10.1. The molecule has 1 aliphatic carbocycles. The van der Waals surface area contributed by atoms with Gasteiger partial charge in [0.05, 0.1) is 10.5 Å². The first-order valence-electron chi connectivity index (χ1n) is 8.90. The fourth-order valence-electron chi connectivity index (χ4n) is 3.05. The predicted molar refractivity (Wildman–Crippen MR) is 97.2 cm³/mol. The second kappa shape index (κ2) is 9.17. The number of benzene rings is 1. The van der Waals surface area contributed by atoms with E-state index in [2.05, 4.69) is 10.6 Å². The highest BCUT2D eigenvalue weighted by atomic mass is 16.6. The number of rotatable bonds is 6. The van der Waals surface area contributed by atoms with Gasteiger partial charge in [0.2, 0.25) is 0 Å². The highest BCUT2D eigenvalue weighted by Crippen LogP contribution is 2.25. The van der Waals surface area contributed by atoms with Crippen molar-refractivity contribution in [2.24, 2.45) is 0 Å². The van der Waals surface area contributed by atoms with Crippen LogP contribution in [0.25, 0.3) is 0 Å². The molecule has 0 bridgehead atoms. The summed E-state index contributed by atoms with van der Waals surface area (Å²) >= 11 is 0. The number of nitro groups is 1. The molecule has 2 N–H and O–H groups in total. The second-order valence-corrected chi connectivity index (χ2v) is 6.48. The molecule has 0 aliphatic heterocycles. The maximum Gasteiger partial charge on any atom is 0.339 e. The van der Waals surface area contributed by atoms with Crippen LogP contribution in [0, 0.1) is 10.1 Å². The Morgan fingerprint density at radius 3 is 2.46 bits per heavy atom. The van der Waals surface area contributed by atoms with Crippen LogP contribution >= 0.6 is 0 Å². The largest absolute Gasteiger partial charge is 0.449 e.